The van der Waals surface area contributed by atoms with E-state index in [1.807, 2.05) is 0 Å². The summed E-state index contributed by atoms with van der Waals surface area (Å²) in [6.07, 6.45) is 2.45. The maximum Gasteiger partial charge on any atom is 0.0236 e. The quantitative estimate of drug-likeness (QED) is 0.854. The summed E-state index contributed by atoms with van der Waals surface area (Å²) in [6, 6.07) is 9.51. The molecule has 1 N–H and O–H groups in total. The molecule has 0 spiro atoms. The summed E-state index contributed by atoms with van der Waals surface area (Å²) in [6.45, 7) is 13.8. The van der Waals surface area contributed by atoms with Gasteiger partial charge in [-0.05, 0) is 42.5 Å². The van der Waals surface area contributed by atoms with E-state index in [1.54, 1.807) is 0 Å². The number of hydrogen-bond donors (Lipinski definition) is 1. The Bertz CT molecular complexity index is 423. The lowest BCUT2D eigenvalue weighted by Crippen LogP contribution is -2.26. The Balaban J connectivity index is 1.94. The summed E-state index contributed by atoms with van der Waals surface area (Å²) >= 11 is 0. The molecule has 0 unspecified atom stereocenters. The van der Waals surface area contributed by atoms with Gasteiger partial charge in [0.2, 0.25) is 0 Å². The molecule has 112 valence electrons. The molecule has 1 heterocycles. The van der Waals surface area contributed by atoms with Crippen LogP contribution in [0.1, 0.15) is 45.2 Å². The Labute approximate surface area is 124 Å². The second-order valence-corrected chi connectivity index (χ2v) is 7.25. The molecule has 1 aliphatic rings. The normalized spacial score (nSPS) is 18.9. The van der Waals surface area contributed by atoms with Crippen LogP contribution < -0.4 is 5.32 Å². The first-order chi connectivity index (χ1) is 9.46. The van der Waals surface area contributed by atoms with Gasteiger partial charge in [-0.1, -0.05) is 52.0 Å². The fraction of sp³-hybridized carbons (Fsp3) is 0.667. The van der Waals surface area contributed by atoms with Gasteiger partial charge < -0.3 is 5.32 Å². The minimum atomic E-state index is 0.494. The van der Waals surface area contributed by atoms with Gasteiger partial charge in [0.05, 0.1) is 0 Å². The molecule has 0 aliphatic carbocycles. The summed E-state index contributed by atoms with van der Waals surface area (Å²) in [7, 11) is 0. The van der Waals surface area contributed by atoms with Crippen LogP contribution >= 0.6 is 0 Å². The van der Waals surface area contributed by atoms with Gasteiger partial charge in [-0.25, -0.2) is 0 Å². The van der Waals surface area contributed by atoms with Gasteiger partial charge in [0.25, 0.3) is 0 Å². The first-order valence-electron chi connectivity index (χ1n) is 7.99. The zero-order valence-electron chi connectivity index (χ0n) is 13.6. The molecule has 0 amide bonds. The van der Waals surface area contributed by atoms with E-state index in [9.17, 15) is 0 Å². The van der Waals surface area contributed by atoms with Crippen LogP contribution in [0.15, 0.2) is 24.3 Å². The number of nitrogens with zero attached hydrogens (tertiary/aromatic N) is 1. The summed E-state index contributed by atoms with van der Waals surface area (Å²) in [5, 5.41) is 3.51. The zero-order chi connectivity index (χ0) is 14.6. The van der Waals surface area contributed by atoms with Crippen molar-refractivity contribution in [3.8, 4) is 0 Å². The highest BCUT2D eigenvalue weighted by Crippen LogP contribution is 2.30. The predicted octanol–water partition coefficient (Wildman–Crippen LogP) is 3.46. The lowest BCUT2D eigenvalue weighted by atomic mass is 9.93. The fourth-order valence-corrected chi connectivity index (χ4v) is 3.05. The van der Waals surface area contributed by atoms with E-state index in [-0.39, 0.29) is 0 Å². The summed E-state index contributed by atoms with van der Waals surface area (Å²) in [5.74, 6) is 0. The van der Waals surface area contributed by atoms with E-state index in [2.05, 4.69) is 62.2 Å². The molecule has 0 radical (unpaired) electrons. The van der Waals surface area contributed by atoms with E-state index in [0.717, 1.165) is 19.5 Å². The van der Waals surface area contributed by atoms with E-state index < -0.39 is 0 Å². The molecule has 1 aliphatic heterocycles. The van der Waals surface area contributed by atoms with Crippen molar-refractivity contribution in [1.29, 1.82) is 0 Å². The molecular weight excluding hydrogens is 244 g/mol. The maximum atomic E-state index is 3.51. The summed E-state index contributed by atoms with van der Waals surface area (Å²) in [5.41, 5.74) is 3.51. The van der Waals surface area contributed by atoms with Gasteiger partial charge in [-0.2, -0.15) is 0 Å². The van der Waals surface area contributed by atoms with Crippen LogP contribution in [-0.4, -0.2) is 30.6 Å². The minimum Gasteiger partial charge on any atom is -0.314 e. The van der Waals surface area contributed by atoms with Crippen LogP contribution in [-0.2, 0) is 13.0 Å². The van der Waals surface area contributed by atoms with Gasteiger partial charge in [0, 0.05) is 19.1 Å². The van der Waals surface area contributed by atoms with E-state index in [1.165, 1.54) is 30.6 Å². The standard InChI is InChI=1S/C18H30N2/c1-15(2)19-11-9-16-7-5-6-8-17(16)13-20-12-10-18(3,4)14-20/h5-8,15,19H,9-14H2,1-4H3. The number of rotatable bonds is 6. The summed E-state index contributed by atoms with van der Waals surface area (Å²) in [4.78, 5) is 2.61. The van der Waals surface area contributed by atoms with Crippen molar-refractivity contribution in [2.24, 2.45) is 5.41 Å². The average molecular weight is 274 g/mol. The molecular formula is C18H30N2. The highest BCUT2D eigenvalue weighted by molar-refractivity contribution is 5.27. The van der Waals surface area contributed by atoms with Gasteiger partial charge in [-0.15, -0.1) is 0 Å². The number of hydrogen-bond acceptors (Lipinski definition) is 2. The molecule has 0 saturated carbocycles. The largest absolute Gasteiger partial charge is 0.314 e. The lowest BCUT2D eigenvalue weighted by Gasteiger charge is -2.21. The third kappa shape index (κ3) is 4.60. The third-order valence-electron chi connectivity index (χ3n) is 4.22. The van der Waals surface area contributed by atoms with Crippen molar-refractivity contribution in [3.63, 3.8) is 0 Å². The van der Waals surface area contributed by atoms with Gasteiger partial charge in [-0.3, -0.25) is 4.90 Å². The van der Waals surface area contributed by atoms with E-state index in [0.29, 0.717) is 11.5 Å². The first-order valence-corrected chi connectivity index (χ1v) is 7.99. The number of nitrogens with one attached hydrogen (secondary N) is 1. The van der Waals surface area contributed by atoms with Crippen LogP contribution in [0.2, 0.25) is 0 Å². The van der Waals surface area contributed by atoms with Crippen LogP contribution in [0, 0.1) is 5.41 Å². The first kappa shape index (κ1) is 15.5. The van der Waals surface area contributed by atoms with Crippen molar-refractivity contribution in [2.75, 3.05) is 19.6 Å². The Morgan fingerprint density at radius 2 is 1.90 bits per heavy atom. The summed E-state index contributed by atoms with van der Waals surface area (Å²) < 4.78 is 0. The van der Waals surface area contributed by atoms with Gasteiger partial charge >= 0.3 is 0 Å². The van der Waals surface area contributed by atoms with Crippen molar-refractivity contribution < 1.29 is 0 Å². The van der Waals surface area contributed by atoms with Crippen LogP contribution in [0.5, 0.6) is 0 Å². The van der Waals surface area contributed by atoms with Crippen molar-refractivity contribution >= 4 is 0 Å². The smallest absolute Gasteiger partial charge is 0.0236 e. The van der Waals surface area contributed by atoms with Crippen LogP contribution in [0.3, 0.4) is 0 Å². The van der Waals surface area contributed by atoms with E-state index in [4.69, 9.17) is 0 Å². The van der Waals surface area contributed by atoms with Crippen molar-refractivity contribution in [1.82, 2.24) is 10.2 Å². The Morgan fingerprint density at radius 3 is 2.50 bits per heavy atom. The molecule has 1 fully saturated rings. The van der Waals surface area contributed by atoms with E-state index >= 15 is 0 Å². The van der Waals surface area contributed by atoms with Crippen molar-refractivity contribution in [3.05, 3.63) is 35.4 Å². The Kier molecular flexibility index (Phi) is 5.22. The fourth-order valence-electron chi connectivity index (χ4n) is 3.05. The molecule has 2 heteroatoms. The SMILES string of the molecule is CC(C)NCCc1ccccc1CN1CCC(C)(C)C1. The maximum absolute atomic E-state index is 3.51. The van der Waals surface area contributed by atoms with Gasteiger partial charge in [0.15, 0.2) is 0 Å². The number of benzene rings is 1. The molecule has 20 heavy (non-hydrogen) atoms. The average Bonchev–Trinajstić information content (AvgIpc) is 2.70. The topological polar surface area (TPSA) is 15.3 Å². The zero-order valence-corrected chi connectivity index (χ0v) is 13.6. The molecule has 0 atom stereocenters. The van der Waals surface area contributed by atoms with Crippen LogP contribution in [0.25, 0.3) is 0 Å². The highest BCUT2D eigenvalue weighted by atomic mass is 15.1. The second kappa shape index (κ2) is 6.73. The third-order valence-corrected chi connectivity index (χ3v) is 4.22. The monoisotopic (exact) mass is 274 g/mol. The molecule has 1 aromatic carbocycles. The predicted molar refractivity (Wildman–Crippen MR) is 87.0 cm³/mol. The Hall–Kier alpha value is -0.860. The molecule has 2 nitrogen and oxygen atoms in total. The van der Waals surface area contributed by atoms with Crippen LogP contribution in [0.4, 0.5) is 0 Å². The van der Waals surface area contributed by atoms with Gasteiger partial charge in [0.1, 0.15) is 0 Å². The molecule has 1 aromatic rings. The lowest BCUT2D eigenvalue weighted by molar-refractivity contribution is 0.283. The highest BCUT2D eigenvalue weighted by Gasteiger charge is 2.29. The molecule has 1 saturated heterocycles. The molecule has 0 aromatic heterocycles. The Morgan fingerprint density at radius 1 is 1.20 bits per heavy atom. The number of likely N-dealkylation sites (tertiary alicyclic amines) is 1. The second-order valence-electron chi connectivity index (χ2n) is 7.25. The molecule has 0 bridgehead atoms. The van der Waals surface area contributed by atoms with Crippen molar-refractivity contribution in [2.45, 2.75) is 53.1 Å². The minimum absolute atomic E-state index is 0.494. The molecule has 2 rings (SSSR count).